The number of aliphatic hydroxyl groups is 1. The van der Waals surface area contributed by atoms with Crippen LogP contribution < -0.4 is 0 Å². The van der Waals surface area contributed by atoms with Crippen molar-refractivity contribution in [1.82, 2.24) is 4.90 Å². The lowest BCUT2D eigenvalue weighted by Gasteiger charge is -2.19. The first-order valence-corrected chi connectivity index (χ1v) is 6.92. The Hall–Kier alpha value is -1.66. The SMILES string of the molecule is O=C(O)[C@H]1C[C@@H](O)CN1C(=O)C=Cc1cccc(Br)c1. The molecule has 6 heteroatoms. The van der Waals surface area contributed by atoms with Gasteiger partial charge in [0.15, 0.2) is 0 Å². The zero-order valence-electron chi connectivity index (χ0n) is 10.6. The van der Waals surface area contributed by atoms with Crippen molar-refractivity contribution in [2.75, 3.05) is 6.54 Å². The van der Waals surface area contributed by atoms with E-state index in [9.17, 15) is 14.7 Å². The summed E-state index contributed by atoms with van der Waals surface area (Å²) in [6.45, 7) is 0.0542. The molecule has 0 bridgehead atoms. The Morgan fingerprint density at radius 1 is 1.40 bits per heavy atom. The van der Waals surface area contributed by atoms with E-state index in [1.807, 2.05) is 24.3 Å². The van der Waals surface area contributed by atoms with Crippen LogP contribution in [0.4, 0.5) is 0 Å². The van der Waals surface area contributed by atoms with E-state index in [2.05, 4.69) is 15.9 Å². The average molecular weight is 340 g/mol. The fourth-order valence-corrected chi connectivity index (χ4v) is 2.58. The quantitative estimate of drug-likeness (QED) is 0.818. The van der Waals surface area contributed by atoms with E-state index in [0.29, 0.717) is 0 Å². The number of amides is 1. The van der Waals surface area contributed by atoms with Crippen molar-refractivity contribution in [3.8, 4) is 0 Å². The lowest BCUT2D eigenvalue weighted by Crippen LogP contribution is -2.39. The van der Waals surface area contributed by atoms with Crippen LogP contribution in [0.5, 0.6) is 0 Å². The predicted octanol–water partition coefficient (Wildman–Crippen LogP) is 1.51. The smallest absolute Gasteiger partial charge is 0.326 e. The van der Waals surface area contributed by atoms with E-state index < -0.39 is 24.0 Å². The molecular formula is C14H14BrNO4. The van der Waals surface area contributed by atoms with Gasteiger partial charge >= 0.3 is 5.97 Å². The van der Waals surface area contributed by atoms with Crippen LogP contribution in [0.2, 0.25) is 0 Å². The monoisotopic (exact) mass is 339 g/mol. The van der Waals surface area contributed by atoms with Gasteiger partial charge in [-0.2, -0.15) is 0 Å². The summed E-state index contributed by atoms with van der Waals surface area (Å²) in [5.74, 6) is -1.50. The zero-order chi connectivity index (χ0) is 14.7. The molecule has 0 saturated carbocycles. The molecule has 1 saturated heterocycles. The lowest BCUT2D eigenvalue weighted by atomic mass is 10.2. The zero-order valence-corrected chi connectivity index (χ0v) is 12.2. The molecule has 0 aliphatic carbocycles. The first-order chi connectivity index (χ1) is 9.47. The maximum atomic E-state index is 12.0. The average Bonchev–Trinajstić information content (AvgIpc) is 2.78. The number of carbonyl (C=O) groups excluding carboxylic acids is 1. The van der Waals surface area contributed by atoms with Crippen LogP contribution >= 0.6 is 15.9 Å². The molecule has 0 radical (unpaired) electrons. The van der Waals surface area contributed by atoms with Crippen molar-refractivity contribution >= 4 is 33.9 Å². The van der Waals surface area contributed by atoms with Gasteiger partial charge in [-0.3, -0.25) is 4.79 Å². The number of carboxylic acids is 1. The molecule has 1 aromatic carbocycles. The molecule has 2 atom stereocenters. The molecule has 1 fully saturated rings. The molecule has 1 aliphatic rings. The van der Waals surface area contributed by atoms with E-state index in [4.69, 9.17) is 5.11 Å². The minimum atomic E-state index is -1.09. The summed E-state index contributed by atoms with van der Waals surface area (Å²) in [4.78, 5) is 24.2. The largest absolute Gasteiger partial charge is 0.480 e. The molecule has 2 rings (SSSR count). The molecule has 0 unspecified atom stereocenters. The van der Waals surface area contributed by atoms with Gasteiger partial charge in [-0.05, 0) is 23.8 Å². The second kappa shape index (κ2) is 6.19. The number of aliphatic carboxylic acids is 1. The number of rotatable bonds is 3. The fourth-order valence-electron chi connectivity index (χ4n) is 2.16. The Kier molecular flexibility index (Phi) is 4.57. The molecule has 1 amide bonds. The standard InChI is InChI=1S/C14H14BrNO4/c15-10-3-1-2-9(6-10)4-5-13(18)16-8-11(17)7-12(16)14(19)20/h1-6,11-12,17H,7-8H2,(H,19,20)/t11-,12-/m1/s1. The highest BCUT2D eigenvalue weighted by molar-refractivity contribution is 9.10. The summed E-state index contributed by atoms with van der Waals surface area (Å²) in [6.07, 6.45) is 2.25. The third-order valence-corrected chi connectivity index (χ3v) is 3.61. The van der Waals surface area contributed by atoms with Gasteiger partial charge in [-0.1, -0.05) is 28.1 Å². The highest BCUT2D eigenvalue weighted by Crippen LogP contribution is 2.19. The molecule has 5 nitrogen and oxygen atoms in total. The number of benzene rings is 1. The van der Waals surface area contributed by atoms with E-state index in [1.54, 1.807) is 6.08 Å². The van der Waals surface area contributed by atoms with Crippen molar-refractivity contribution < 1.29 is 19.8 Å². The van der Waals surface area contributed by atoms with Crippen molar-refractivity contribution in [2.45, 2.75) is 18.6 Å². The predicted molar refractivity (Wildman–Crippen MR) is 76.9 cm³/mol. The normalized spacial score (nSPS) is 22.4. The molecule has 20 heavy (non-hydrogen) atoms. The number of aliphatic hydroxyl groups excluding tert-OH is 1. The van der Waals surface area contributed by atoms with Gasteiger partial charge in [0.2, 0.25) is 5.91 Å². The summed E-state index contributed by atoms with van der Waals surface area (Å²) in [5, 5.41) is 18.5. The highest BCUT2D eigenvalue weighted by Gasteiger charge is 2.37. The highest BCUT2D eigenvalue weighted by atomic mass is 79.9. The number of halogens is 1. The Morgan fingerprint density at radius 3 is 2.80 bits per heavy atom. The number of hydrogen-bond donors (Lipinski definition) is 2. The molecular weight excluding hydrogens is 326 g/mol. The molecule has 2 N–H and O–H groups in total. The van der Waals surface area contributed by atoms with E-state index in [1.165, 1.54) is 11.0 Å². The van der Waals surface area contributed by atoms with Crippen LogP contribution in [0.3, 0.4) is 0 Å². The maximum absolute atomic E-state index is 12.0. The van der Waals surface area contributed by atoms with Gasteiger partial charge < -0.3 is 15.1 Å². The number of nitrogens with zero attached hydrogens (tertiary/aromatic N) is 1. The molecule has 1 aliphatic heterocycles. The van der Waals surface area contributed by atoms with Gasteiger partial charge in [-0.25, -0.2) is 4.79 Å². The summed E-state index contributed by atoms with van der Waals surface area (Å²) in [5.41, 5.74) is 0.833. The second-order valence-electron chi connectivity index (χ2n) is 4.62. The Morgan fingerprint density at radius 2 is 2.15 bits per heavy atom. The second-order valence-corrected chi connectivity index (χ2v) is 5.54. The molecule has 0 aromatic heterocycles. The minimum Gasteiger partial charge on any atom is -0.480 e. The lowest BCUT2D eigenvalue weighted by molar-refractivity contribution is -0.146. The van der Waals surface area contributed by atoms with E-state index in [-0.39, 0.29) is 13.0 Å². The summed E-state index contributed by atoms with van der Waals surface area (Å²) in [7, 11) is 0. The summed E-state index contributed by atoms with van der Waals surface area (Å²) < 4.78 is 0.895. The number of carbonyl (C=O) groups is 2. The van der Waals surface area contributed by atoms with Crippen LogP contribution in [-0.2, 0) is 9.59 Å². The number of hydrogen-bond acceptors (Lipinski definition) is 3. The van der Waals surface area contributed by atoms with E-state index in [0.717, 1.165) is 10.0 Å². The van der Waals surface area contributed by atoms with Crippen LogP contribution in [0.25, 0.3) is 6.08 Å². The number of β-amino-alcohol motifs (C(OH)–C–C–N with tert-alkyl or cyclic N) is 1. The Labute approximate surface area is 124 Å². The fraction of sp³-hybridized carbons (Fsp3) is 0.286. The van der Waals surface area contributed by atoms with Gasteiger partial charge in [0.1, 0.15) is 6.04 Å². The van der Waals surface area contributed by atoms with Crippen molar-refractivity contribution in [1.29, 1.82) is 0 Å². The van der Waals surface area contributed by atoms with Crippen LogP contribution in [-0.4, -0.2) is 45.7 Å². The van der Waals surface area contributed by atoms with Crippen molar-refractivity contribution in [2.24, 2.45) is 0 Å². The van der Waals surface area contributed by atoms with Crippen LogP contribution in [0.1, 0.15) is 12.0 Å². The van der Waals surface area contributed by atoms with E-state index >= 15 is 0 Å². The molecule has 1 heterocycles. The minimum absolute atomic E-state index is 0.0542. The van der Waals surface area contributed by atoms with Crippen molar-refractivity contribution in [3.63, 3.8) is 0 Å². The summed E-state index contributed by atoms with van der Waals surface area (Å²) in [6, 6.07) is 6.44. The van der Waals surface area contributed by atoms with Crippen LogP contribution in [0.15, 0.2) is 34.8 Å². The van der Waals surface area contributed by atoms with Crippen LogP contribution in [0, 0.1) is 0 Å². The maximum Gasteiger partial charge on any atom is 0.326 e. The Bertz CT molecular complexity index is 558. The first kappa shape index (κ1) is 14.7. The molecule has 1 aromatic rings. The number of carboxylic acid groups (broad SMARTS) is 1. The third-order valence-electron chi connectivity index (χ3n) is 3.11. The Balaban J connectivity index is 2.09. The number of likely N-dealkylation sites (tertiary alicyclic amines) is 1. The van der Waals surface area contributed by atoms with Crippen molar-refractivity contribution in [3.05, 3.63) is 40.4 Å². The first-order valence-electron chi connectivity index (χ1n) is 6.12. The molecule has 0 spiro atoms. The van der Waals surface area contributed by atoms with Gasteiger partial charge in [-0.15, -0.1) is 0 Å². The molecule has 106 valence electrons. The topological polar surface area (TPSA) is 77.8 Å². The van der Waals surface area contributed by atoms with Gasteiger partial charge in [0.25, 0.3) is 0 Å². The summed E-state index contributed by atoms with van der Waals surface area (Å²) >= 11 is 3.33. The van der Waals surface area contributed by atoms with Gasteiger partial charge in [0.05, 0.1) is 6.10 Å². The van der Waals surface area contributed by atoms with Gasteiger partial charge in [0, 0.05) is 23.5 Å². The third kappa shape index (κ3) is 3.46.